The van der Waals surface area contributed by atoms with Gasteiger partial charge in [0, 0.05) is 33.4 Å². The molecule has 6 heteroatoms. The van der Waals surface area contributed by atoms with Crippen LogP contribution in [0.5, 0.6) is 0 Å². The minimum Gasteiger partial charge on any atom is -0.331 e. The highest BCUT2D eigenvalue weighted by Crippen LogP contribution is 2.21. The SMILES string of the molecule is Cc1ccc(-n2c(C)cc(/C=N\NC(=O)Cn3c4ccccc4c(=O)c4ccccc43)c2C)cc1. The number of rotatable bonds is 5. The minimum atomic E-state index is -0.271. The van der Waals surface area contributed by atoms with Gasteiger partial charge in [0.15, 0.2) is 5.43 Å². The standard InChI is InChI=1S/C29H26N4O2/c1-19-12-14-23(15-13-19)33-20(2)16-22(21(33)3)17-30-31-28(34)18-32-26-10-6-4-8-24(26)29(35)25-9-5-7-11-27(25)32/h4-17H,18H2,1-3H3,(H,31,34)/b30-17-. The summed E-state index contributed by atoms with van der Waals surface area (Å²) in [7, 11) is 0. The molecule has 0 radical (unpaired) electrons. The first kappa shape index (κ1) is 22.3. The van der Waals surface area contributed by atoms with Crippen LogP contribution < -0.4 is 10.9 Å². The Labute approximate surface area is 203 Å². The van der Waals surface area contributed by atoms with E-state index in [1.807, 2.05) is 54.0 Å². The molecule has 174 valence electrons. The van der Waals surface area contributed by atoms with E-state index >= 15 is 0 Å². The maximum atomic E-state index is 12.9. The van der Waals surface area contributed by atoms with Crippen LogP contribution in [0.15, 0.2) is 88.8 Å². The average molecular weight is 463 g/mol. The highest BCUT2D eigenvalue weighted by Gasteiger charge is 2.13. The number of nitrogens with zero attached hydrogens (tertiary/aromatic N) is 3. The van der Waals surface area contributed by atoms with Crippen LogP contribution in [0.2, 0.25) is 0 Å². The third-order valence-corrected chi connectivity index (χ3v) is 6.34. The van der Waals surface area contributed by atoms with E-state index in [-0.39, 0.29) is 17.9 Å². The summed E-state index contributed by atoms with van der Waals surface area (Å²) < 4.78 is 4.03. The first-order valence-corrected chi connectivity index (χ1v) is 11.5. The molecule has 0 aliphatic carbocycles. The number of aryl methyl sites for hydroxylation is 2. The number of hydrogen-bond acceptors (Lipinski definition) is 3. The normalized spacial score (nSPS) is 11.5. The molecule has 0 bridgehead atoms. The number of aromatic nitrogens is 2. The Balaban J connectivity index is 1.40. The molecule has 0 saturated carbocycles. The number of nitrogens with one attached hydrogen (secondary N) is 1. The number of hydrazone groups is 1. The van der Waals surface area contributed by atoms with Crippen molar-refractivity contribution in [2.24, 2.45) is 5.10 Å². The second-order valence-electron chi connectivity index (χ2n) is 8.74. The predicted molar refractivity (Wildman–Crippen MR) is 141 cm³/mol. The van der Waals surface area contributed by atoms with Crippen LogP contribution in [0.3, 0.4) is 0 Å². The van der Waals surface area contributed by atoms with Gasteiger partial charge < -0.3 is 9.13 Å². The van der Waals surface area contributed by atoms with E-state index in [2.05, 4.69) is 53.2 Å². The van der Waals surface area contributed by atoms with Crippen molar-refractivity contribution in [2.45, 2.75) is 27.3 Å². The Bertz CT molecular complexity index is 1600. The van der Waals surface area contributed by atoms with Gasteiger partial charge in [0.05, 0.1) is 17.2 Å². The highest BCUT2D eigenvalue weighted by atomic mass is 16.2. The summed E-state index contributed by atoms with van der Waals surface area (Å²) in [5.41, 5.74) is 9.42. The summed E-state index contributed by atoms with van der Waals surface area (Å²) in [6.45, 7) is 6.20. The van der Waals surface area contributed by atoms with Crippen molar-refractivity contribution in [1.29, 1.82) is 0 Å². The van der Waals surface area contributed by atoms with Crippen LogP contribution in [0.4, 0.5) is 0 Å². The number of carbonyl (C=O) groups excluding carboxylic acids is 1. The monoisotopic (exact) mass is 462 g/mol. The topological polar surface area (TPSA) is 68.4 Å². The molecule has 0 spiro atoms. The Morgan fingerprint density at radius 3 is 2.11 bits per heavy atom. The Hall–Kier alpha value is -4.45. The molecule has 1 amide bonds. The van der Waals surface area contributed by atoms with Crippen molar-refractivity contribution in [2.75, 3.05) is 0 Å². The number of benzene rings is 3. The molecule has 3 aromatic carbocycles. The fourth-order valence-electron chi connectivity index (χ4n) is 4.61. The fourth-order valence-corrected chi connectivity index (χ4v) is 4.61. The minimum absolute atomic E-state index is 0.0326. The van der Waals surface area contributed by atoms with Gasteiger partial charge in [-0.25, -0.2) is 5.43 Å². The van der Waals surface area contributed by atoms with Crippen LogP contribution in [0.1, 0.15) is 22.5 Å². The Morgan fingerprint density at radius 2 is 1.49 bits per heavy atom. The zero-order valence-corrected chi connectivity index (χ0v) is 19.9. The van der Waals surface area contributed by atoms with Gasteiger partial charge in [-0.15, -0.1) is 0 Å². The summed E-state index contributed by atoms with van der Waals surface area (Å²) >= 11 is 0. The first-order chi connectivity index (χ1) is 16.9. The van der Waals surface area contributed by atoms with Crippen LogP contribution in [-0.4, -0.2) is 21.3 Å². The van der Waals surface area contributed by atoms with Crippen LogP contribution in [0, 0.1) is 20.8 Å². The number of para-hydroxylation sites is 2. The summed E-state index contributed by atoms with van der Waals surface area (Å²) in [4.78, 5) is 25.8. The lowest BCUT2D eigenvalue weighted by Gasteiger charge is -2.14. The number of pyridine rings is 1. The van der Waals surface area contributed by atoms with Crippen LogP contribution in [0.25, 0.3) is 27.5 Å². The Morgan fingerprint density at radius 1 is 0.886 bits per heavy atom. The quantitative estimate of drug-likeness (QED) is 0.226. The van der Waals surface area contributed by atoms with E-state index < -0.39 is 0 Å². The molecule has 2 aromatic heterocycles. The molecule has 0 fully saturated rings. The smallest absolute Gasteiger partial charge is 0.260 e. The average Bonchev–Trinajstić information content (AvgIpc) is 3.15. The first-order valence-electron chi connectivity index (χ1n) is 11.5. The van der Waals surface area contributed by atoms with Gasteiger partial charge in [-0.05, 0) is 63.2 Å². The van der Waals surface area contributed by atoms with Crippen LogP contribution >= 0.6 is 0 Å². The number of fused-ring (bicyclic) bond motifs is 2. The van der Waals surface area contributed by atoms with E-state index in [4.69, 9.17) is 0 Å². The van der Waals surface area contributed by atoms with Crippen molar-refractivity contribution in [3.63, 3.8) is 0 Å². The molecule has 0 unspecified atom stereocenters. The lowest BCUT2D eigenvalue weighted by molar-refractivity contribution is -0.121. The third-order valence-electron chi connectivity index (χ3n) is 6.34. The molecule has 1 N–H and O–H groups in total. The van der Waals surface area contributed by atoms with Gasteiger partial charge in [0.2, 0.25) is 0 Å². The maximum absolute atomic E-state index is 12.9. The summed E-state index contributed by atoms with van der Waals surface area (Å²) in [6.07, 6.45) is 1.67. The second kappa shape index (κ2) is 9.06. The van der Waals surface area contributed by atoms with Crippen molar-refractivity contribution in [3.05, 3.63) is 112 Å². The van der Waals surface area contributed by atoms with Crippen molar-refractivity contribution in [1.82, 2.24) is 14.6 Å². The van der Waals surface area contributed by atoms with E-state index in [0.29, 0.717) is 10.8 Å². The largest absolute Gasteiger partial charge is 0.331 e. The predicted octanol–water partition coefficient (Wildman–Crippen LogP) is 5.02. The van der Waals surface area contributed by atoms with Gasteiger partial charge in [0.25, 0.3) is 5.91 Å². The molecule has 5 rings (SSSR count). The number of amides is 1. The number of hydrogen-bond donors (Lipinski definition) is 1. The lowest BCUT2D eigenvalue weighted by Crippen LogP contribution is -2.25. The zero-order chi connectivity index (χ0) is 24.5. The molecule has 0 saturated heterocycles. The number of carbonyl (C=O) groups is 1. The van der Waals surface area contributed by atoms with Crippen molar-refractivity contribution in [3.8, 4) is 5.69 Å². The molecule has 5 aromatic rings. The van der Waals surface area contributed by atoms with E-state index in [9.17, 15) is 9.59 Å². The van der Waals surface area contributed by atoms with Crippen LogP contribution in [-0.2, 0) is 11.3 Å². The molecule has 2 heterocycles. The third kappa shape index (κ3) is 4.15. The van der Waals surface area contributed by atoms with Gasteiger partial charge in [0.1, 0.15) is 6.54 Å². The second-order valence-corrected chi connectivity index (χ2v) is 8.74. The molecule has 35 heavy (non-hydrogen) atoms. The van der Waals surface area contributed by atoms with E-state index in [1.54, 1.807) is 18.3 Å². The summed E-state index contributed by atoms with van der Waals surface area (Å²) in [6, 6.07) is 25.1. The molecule has 0 atom stereocenters. The fraction of sp³-hybridized carbons (Fsp3) is 0.138. The summed E-state index contributed by atoms with van der Waals surface area (Å²) in [5.74, 6) is -0.271. The lowest BCUT2D eigenvalue weighted by atomic mass is 10.1. The summed E-state index contributed by atoms with van der Waals surface area (Å²) in [5, 5.41) is 5.40. The molecule has 0 aliphatic rings. The van der Waals surface area contributed by atoms with Gasteiger partial charge in [-0.1, -0.05) is 42.0 Å². The van der Waals surface area contributed by atoms with Crippen molar-refractivity contribution < 1.29 is 4.79 Å². The zero-order valence-electron chi connectivity index (χ0n) is 19.9. The van der Waals surface area contributed by atoms with Gasteiger partial charge in [-0.2, -0.15) is 5.10 Å². The van der Waals surface area contributed by atoms with Crippen molar-refractivity contribution >= 4 is 33.9 Å². The van der Waals surface area contributed by atoms with Gasteiger partial charge >= 0.3 is 0 Å². The van der Waals surface area contributed by atoms with Gasteiger partial charge in [-0.3, -0.25) is 9.59 Å². The van der Waals surface area contributed by atoms with E-state index in [0.717, 1.165) is 33.7 Å². The molecule has 0 aliphatic heterocycles. The van der Waals surface area contributed by atoms with E-state index in [1.165, 1.54) is 5.56 Å². The maximum Gasteiger partial charge on any atom is 0.260 e. The molecule has 6 nitrogen and oxygen atoms in total. The highest BCUT2D eigenvalue weighted by molar-refractivity contribution is 5.95. The molecular weight excluding hydrogens is 436 g/mol. The molecular formula is C29H26N4O2. The Kier molecular flexibility index (Phi) is 5.79.